The normalized spacial score (nSPS) is 10.7. The third-order valence-corrected chi connectivity index (χ3v) is 2.85. The quantitative estimate of drug-likeness (QED) is 0.587. The van der Waals surface area contributed by atoms with Gasteiger partial charge in [0.15, 0.2) is 0 Å². The molecule has 0 unspecified atom stereocenters. The standard InChI is InChI=1S/C17H19O.Li/c1-17(2,3)15-11-7-8-12-16(15)18-13-14-9-5-4-6-10-14;/h4-11H,13H2,1-3H3;/q-1;+1. The zero-order valence-corrected chi connectivity index (χ0v) is 12.2. The van der Waals surface area contributed by atoms with Crippen molar-refractivity contribution in [2.45, 2.75) is 32.8 Å². The summed E-state index contributed by atoms with van der Waals surface area (Å²) in [6, 6.07) is 19.4. The van der Waals surface area contributed by atoms with Crippen LogP contribution in [0, 0.1) is 6.07 Å². The molecule has 19 heavy (non-hydrogen) atoms. The first-order valence-electron chi connectivity index (χ1n) is 6.25. The number of hydrogen-bond donors (Lipinski definition) is 0. The van der Waals surface area contributed by atoms with E-state index in [0.717, 1.165) is 5.75 Å². The van der Waals surface area contributed by atoms with Crippen LogP contribution < -0.4 is 23.6 Å². The molecule has 0 aliphatic heterocycles. The minimum absolute atomic E-state index is 0. The SMILES string of the molecule is CC(C)(C)c1ccc[c-]c1OCc1ccccc1.[Li+]. The fourth-order valence-corrected chi connectivity index (χ4v) is 1.86. The number of ether oxygens (including phenoxy) is 1. The van der Waals surface area contributed by atoms with E-state index in [1.807, 2.05) is 30.3 Å². The Bertz CT molecular complexity index is 500. The second-order valence-electron chi connectivity index (χ2n) is 5.44. The number of para-hydroxylation sites is 1. The van der Waals surface area contributed by atoms with Gasteiger partial charge in [-0.05, 0) is 5.56 Å². The summed E-state index contributed by atoms with van der Waals surface area (Å²) < 4.78 is 5.89. The van der Waals surface area contributed by atoms with Crippen LogP contribution in [0.4, 0.5) is 0 Å². The van der Waals surface area contributed by atoms with Crippen molar-refractivity contribution in [3.63, 3.8) is 0 Å². The molecule has 94 valence electrons. The fraction of sp³-hybridized carbons (Fsp3) is 0.294. The molecular formula is C17H19LiO. The number of hydrogen-bond acceptors (Lipinski definition) is 1. The summed E-state index contributed by atoms with van der Waals surface area (Å²) in [6.45, 7) is 7.15. The predicted octanol–water partition coefficient (Wildman–Crippen LogP) is 1.37. The van der Waals surface area contributed by atoms with Crippen molar-refractivity contribution in [2.75, 3.05) is 0 Å². The van der Waals surface area contributed by atoms with Crippen molar-refractivity contribution >= 4 is 0 Å². The maximum atomic E-state index is 5.89. The molecule has 0 fully saturated rings. The molecule has 0 spiro atoms. The molecule has 0 bridgehead atoms. The zero-order chi connectivity index (χ0) is 13.0. The molecule has 0 aromatic heterocycles. The van der Waals surface area contributed by atoms with Gasteiger partial charge in [0, 0.05) is 5.75 Å². The van der Waals surface area contributed by atoms with Gasteiger partial charge in [-0.1, -0.05) is 56.5 Å². The first-order chi connectivity index (χ1) is 8.57. The van der Waals surface area contributed by atoms with Crippen LogP contribution in [0.3, 0.4) is 0 Å². The largest absolute Gasteiger partial charge is 1.00 e. The zero-order valence-electron chi connectivity index (χ0n) is 12.2. The first kappa shape index (κ1) is 15.9. The topological polar surface area (TPSA) is 9.23 Å². The summed E-state index contributed by atoms with van der Waals surface area (Å²) in [6.07, 6.45) is 0. The van der Waals surface area contributed by atoms with Gasteiger partial charge in [-0.15, -0.1) is 11.6 Å². The Balaban J connectivity index is 0.00000180. The molecule has 0 saturated heterocycles. The second kappa shape index (κ2) is 6.85. The van der Waals surface area contributed by atoms with Gasteiger partial charge >= 0.3 is 18.9 Å². The summed E-state index contributed by atoms with van der Waals surface area (Å²) in [5.74, 6) is 0.855. The Morgan fingerprint density at radius 1 is 1.00 bits per heavy atom. The van der Waals surface area contributed by atoms with Gasteiger partial charge in [-0.25, -0.2) is 0 Å². The van der Waals surface area contributed by atoms with Gasteiger partial charge in [0.2, 0.25) is 0 Å². The molecule has 0 amide bonds. The van der Waals surface area contributed by atoms with Gasteiger partial charge in [-0.3, -0.25) is 0 Å². The number of benzene rings is 2. The van der Waals surface area contributed by atoms with E-state index in [1.165, 1.54) is 11.1 Å². The molecule has 2 rings (SSSR count). The Labute approximate surface area is 128 Å². The summed E-state index contributed by atoms with van der Waals surface area (Å²) in [5, 5.41) is 0. The Hall–Kier alpha value is -1.16. The molecule has 0 atom stereocenters. The maximum absolute atomic E-state index is 5.89. The third kappa shape index (κ3) is 4.46. The predicted molar refractivity (Wildman–Crippen MR) is 74.8 cm³/mol. The van der Waals surface area contributed by atoms with Crippen LogP contribution in [0.25, 0.3) is 0 Å². The van der Waals surface area contributed by atoms with E-state index in [-0.39, 0.29) is 24.3 Å². The Morgan fingerprint density at radius 3 is 2.32 bits per heavy atom. The summed E-state index contributed by atoms with van der Waals surface area (Å²) in [4.78, 5) is 0. The fourth-order valence-electron chi connectivity index (χ4n) is 1.86. The van der Waals surface area contributed by atoms with Crippen molar-refractivity contribution in [3.8, 4) is 5.75 Å². The van der Waals surface area contributed by atoms with E-state index in [4.69, 9.17) is 4.74 Å². The monoisotopic (exact) mass is 246 g/mol. The Morgan fingerprint density at radius 2 is 1.68 bits per heavy atom. The third-order valence-electron chi connectivity index (χ3n) is 2.85. The first-order valence-corrected chi connectivity index (χ1v) is 6.25. The van der Waals surface area contributed by atoms with E-state index < -0.39 is 0 Å². The molecule has 0 N–H and O–H groups in total. The molecule has 2 heteroatoms. The van der Waals surface area contributed by atoms with Crippen molar-refractivity contribution in [3.05, 3.63) is 65.7 Å². The van der Waals surface area contributed by atoms with Crippen molar-refractivity contribution in [1.29, 1.82) is 0 Å². The van der Waals surface area contributed by atoms with E-state index in [2.05, 4.69) is 45.0 Å². The van der Waals surface area contributed by atoms with Crippen LogP contribution in [0.15, 0.2) is 48.5 Å². The molecule has 1 nitrogen and oxygen atoms in total. The van der Waals surface area contributed by atoms with Crippen molar-refractivity contribution in [2.24, 2.45) is 0 Å². The van der Waals surface area contributed by atoms with E-state index >= 15 is 0 Å². The van der Waals surface area contributed by atoms with E-state index in [9.17, 15) is 0 Å². The van der Waals surface area contributed by atoms with Gasteiger partial charge in [0.25, 0.3) is 0 Å². The van der Waals surface area contributed by atoms with E-state index in [1.54, 1.807) is 0 Å². The van der Waals surface area contributed by atoms with Crippen LogP contribution >= 0.6 is 0 Å². The molecular weight excluding hydrogens is 227 g/mol. The van der Waals surface area contributed by atoms with Gasteiger partial charge in [0.1, 0.15) is 6.61 Å². The van der Waals surface area contributed by atoms with Crippen molar-refractivity contribution < 1.29 is 23.6 Å². The summed E-state index contributed by atoms with van der Waals surface area (Å²) in [7, 11) is 0. The van der Waals surface area contributed by atoms with Crippen LogP contribution in [-0.2, 0) is 12.0 Å². The van der Waals surface area contributed by atoms with E-state index in [0.29, 0.717) is 6.61 Å². The average Bonchev–Trinajstić information content (AvgIpc) is 2.37. The average molecular weight is 246 g/mol. The van der Waals surface area contributed by atoms with Crippen LogP contribution in [0.2, 0.25) is 0 Å². The molecule has 0 heterocycles. The van der Waals surface area contributed by atoms with Gasteiger partial charge in [-0.2, -0.15) is 18.2 Å². The molecule has 0 aliphatic carbocycles. The molecule has 0 saturated carbocycles. The Kier molecular flexibility index (Phi) is 5.73. The molecule has 2 aromatic rings. The maximum Gasteiger partial charge on any atom is 1.00 e. The minimum atomic E-state index is 0. The molecule has 0 aliphatic rings. The van der Waals surface area contributed by atoms with Gasteiger partial charge < -0.3 is 4.74 Å². The smallest absolute Gasteiger partial charge is 0.514 e. The van der Waals surface area contributed by atoms with Crippen LogP contribution in [-0.4, -0.2) is 0 Å². The molecule has 2 aromatic carbocycles. The van der Waals surface area contributed by atoms with Crippen LogP contribution in [0.1, 0.15) is 31.9 Å². The summed E-state index contributed by atoms with van der Waals surface area (Å²) >= 11 is 0. The second-order valence-corrected chi connectivity index (χ2v) is 5.44. The minimum Gasteiger partial charge on any atom is -0.514 e. The summed E-state index contributed by atoms with van der Waals surface area (Å²) in [5.41, 5.74) is 2.44. The van der Waals surface area contributed by atoms with Crippen LogP contribution in [0.5, 0.6) is 5.75 Å². The van der Waals surface area contributed by atoms with Crippen molar-refractivity contribution in [1.82, 2.24) is 0 Å². The van der Waals surface area contributed by atoms with Gasteiger partial charge in [0.05, 0.1) is 0 Å². The molecule has 0 radical (unpaired) electrons. The number of rotatable bonds is 3.